The van der Waals surface area contributed by atoms with Crippen LogP contribution in [0.15, 0.2) is 47.3 Å². The van der Waals surface area contributed by atoms with Crippen LogP contribution in [-0.4, -0.2) is 42.0 Å². The van der Waals surface area contributed by atoms with Crippen LogP contribution in [0.1, 0.15) is 43.1 Å². The van der Waals surface area contributed by atoms with Gasteiger partial charge in [0.25, 0.3) is 11.5 Å². The van der Waals surface area contributed by atoms with E-state index in [-0.39, 0.29) is 17.2 Å². The Bertz CT molecular complexity index is 1190. The standard InChI is InChI=1S/C25H29ClN4O3/c1-2-3-4-7-12-30-25(32)20-9-6-5-8-19(20)23(28-30)24(31)27-21-17-18(26)10-11-22(21)29-13-15-33-16-14-29/h5-6,8-11,17H,2-4,7,12-16H2,1H3,(H,27,31). The van der Waals surface area contributed by atoms with Crippen molar-refractivity contribution >= 4 is 39.7 Å². The normalized spacial score (nSPS) is 13.9. The smallest absolute Gasteiger partial charge is 0.276 e. The number of rotatable bonds is 8. The van der Waals surface area contributed by atoms with Crippen LogP contribution in [0.4, 0.5) is 11.4 Å². The molecule has 0 bridgehead atoms. The molecule has 8 heteroatoms. The number of carbonyl (C=O) groups excluding carboxylic acids is 1. The van der Waals surface area contributed by atoms with Gasteiger partial charge in [-0.3, -0.25) is 9.59 Å². The molecule has 33 heavy (non-hydrogen) atoms. The topological polar surface area (TPSA) is 76.5 Å². The van der Waals surface area contributed by atoms with Crippen LogP contribution >= 0.6 is 11.6 Å². The third-order valence-electron chi connectivity index (χ3n) is 5.86. The zero-order valence-electron chi connectivity index (χ0n) is 18.8. The molecule has 0 radical (unpaired) electrons. The van der Waals surface area contributed by atoms with Crippen molar-refractivity contribution < 1.29 is 9.53 Å². The highest BCUT2D eigenvalue weighted by atomic mass is 35.5. The minimum atomic E-state index is -0.370. The lowest BCUT2D eigenvalue weighted by molar-refractivity contribution is 0.102. The third kappa shape index (κ3) is 5.37. The Kier molecular flexibility index (Phi) is 7.62. The molecular weight excluding hydrogens is 440 g/mol. The van der Waals surface area contributed by atoms with Gasteiger partial charge in [-0.05, 0) is 30.7 Å². The zero-order valence-corrected chi connectivity index (χ0v) is 19.6. The molecule has 4 rings (SSSR count). The van der Waals surface area contributed by atoms with Gasteiger partial charge in [0, 0.05) is 30.0 Å². The maximum Gasteiger partial charge on any atom is 0.276 e. The van der Waals surface area contributed by atoms with Gasteiger partial charge in [-0.15, -0.1) is 0 Å². The van der Waals surface area contributed by atoms with Crippen molar-refractivity contribution in [2.75, 3.05) is 36.5 Å². The van der Waals surface area contributed by atoms with Crippen LogP contribution < -0.4 is 15.8 Å². The molecule has 174 valence electrons. The molecule has 0 spiro atoms. The first kappa shape index (κ1) is 23.3. The maximum atomic E-state index is 13.4. The van der Waals surface area contributed by atoms with E-state index in [4.69, 9.17) is 16.3 Å². The summed E-state index contributed by atoms with van der Waals surface area (Å²) in [5.41, 5.74) is 1.55. The molecule has 0 unspecified atom stereocenters. The Morgan fingerprint density at radius 1 is 1.09 bits per heavy atom. The molecule has 3 aromatic rings. The SMILES string of the molecule is CCCCCCn1nc(C(=O)Nc2cc(Cl)ccc2N2CCOCC2)c2ccccc2c1=O. The van der Waals surface area contributed by atoms with Crippen LogP contribution in [0, 0.1) is 0 Å². The van der Waals surface area contributed by atoms with Crippen LogP contribution in [0.5, 0.6) is 0 Å². The first-order valence-corrected chi connectivity index (χ1v) is 11.9. The fourth-order valence-electron chi connectivity index (χ4n) is 4.11. The van der Waals surface area contributed by atoms with Gasteiger partial charge in [0.1, 0.15) is 0 Å². The summed E-state index contributed by atoms with van der Waals surface area (Å²) in [6.07, 6.45) is 4.08. The van der Waals surface area contributed by atoms with E-state index in [0.717, 1.165) is 44.5 Å². The number of nitrogens with zero attached hydrogens (tertiary/aromatic N) is 3. The molecule has 1 saturated heterocycles. The van der Waals surface area contributed by atoms with Gasteiger partial charge in [0.15, 0.2) is 5.69 Å². The number of unbranched alkanes of at least 4 members (excludes halogenated alkanes) is 3. The number of ether oxygens (including phenoxy) is 1. The van der Waals surface area contributed by atoms with Gasteiger partial charge in [0.05, 0.1) is 30.0 Å². The van der Waals surface area contributed by atoms with Crippen LogP contribution in [0.2, 0.25) is 5.02 Å². The number of anilines is 2. The highest BCUT2D eigenvalue weighted by Crippen LogP contribution is 2.30. The summed E-state index contributed by atoms with van der Waals surface area (Å²) in [6, 6.07) is 12.6. The molecule has 0 aliphatic carbocycles. The Balaban J connectivity index is 1.68. The average molecular weight is 469 g/mol. The minimum Gasteiger partial charge on any atom is -0.378 e. The van der Waals surface area contributed by atoms with Crippen molar-refractivity contribution in [3.8, 4) is 0 Å². The van der Waals surface area contributed by atoms with E-state index < -0.39 is 0 Å². The molecule has 2 heterocycles. The summed E-state index contributed by atoms with van der Waals surface area (Å²) >= 11 is 6.25. The number of hydrogen-bond acceptors (Lipinski definition) is 5. The van der Waals surface area contributed by atoms with E-state index in [1.54, 1.807) is 24.3 Å². The molecule has 7 nitrogen and oxygen atoms in total. The second-order valence-electron chi connectivity index (χ2n) is 8.20. The average Bonchev–Trinajstić information content (AvgIpc) is 2.84. The number of hydrogen-bond donors (Lipinski definition) is 1. The fraction of sp³-hybridized carbons (Fsp3) is 0.400. The van der Waals surface area contributed by atoms with E-state index in [0.29, 0.717) is 41.2 Å². The van der Waals surface area contributed by atoms with E-state index in [1.165, 1.54) is 4.68 Å². The van der Waals surface area contributed by atoms with E-state index in [1.807, 2.05) is 18.2 Å². The second kappa shape index (κ2) is 10.8. The van der Waals surface area contributed by atoms with Crippen molar-refractivity contribution in [2.45, 2.75) is 39.2 Å². The Hall–Kier alpha value is -2.90. The van der Waals surface area contributed by atoms with E-state index in [9.17, 15) is 9.59 Å². The number of morpholine rings is 1. The number of fused-ring (bicyclic) bond motifs is 1. The molecule has 1 fully saturated rings. The highest BCUT2D eigenvalue weighted by Gasteiger charge is 2.20. The number of aryl methyl sites for hydroxylation is 1. The Labute approximate surface area is 198 Å². The number of carbonyl (C=O) groups is 1. The summed E-state index contributed by atoms with van der Waals surface area (Å²) in [4.78, 5) is 28.6. The second-order valence-corrected chi connectivity index (χ2v) is 8.63. The Morgan fingerprint density at radius 2 is 1.85 bits per heavy atom. The number of aromatic nitrogens is 2. The van der Waals surface area contributed by atoms with Gasteiger partial charge in [-0.2, -0.15) is 5.10 Å². The Morgan fingerprint density at radius 3 is 2.61 bits per heavy atom. The lowest BCUT2D eigenvalue weighted by Gasteiger charge is -2.30. The van der Waals surface area contributed by atoms with Gasteiger partial charge in [-0.1, -0.05) is 56.0 Å². The number of nitrogens with one attached hydrogen (secondary N) is 1. The highest BCUT2D eigenvalue weighted by molar-refractivity contribution is 6.31. The predicted molar refractivity (Wildman–Crippen MR) is 133 cm³/mol. The molecule has 2 aromatic carbocycles. The number of benzene rings is 2. The van der Waals surface area contributed by atoms with Crippen molar-refractivity contribution in [3.63, 3.8) is 0 Å². The van der Waals surface area contributed by atoms with E-state index >= 15 is 0 Å². The van der Waals surface area contributed by atoms with Gasteiger partial charge >= 0.3 is 0 Å². The lowest BCUT2D eigenvalue weighted by Crippen LogP contribution is -2.36. The largest absolute Gasteiger partial charge is 0.378 e. The summed E-state index contributed by atoms with van der Waals surface area (Å²) in [6.45, 7) is 5.35. The molecule has 0 atom stereocenters. The van der Waals surface area contributed by atoms with Crippen molar-refractivity contribution in [2.24, 2.45) is 0 Å². The quantitative estimate of drug-likeness (QED) is 0.484. The molecule has 1 amide bonds. The van der Waals surface area contributed by atoms with Crippen LogP contribution in [-0.2, 0) is 11.3 Å². The van der Waals surface area contributed by atoms with Crippen molar-refractivity contribution in [1.82, 2.24) is 9.78 Å². The van der Waals surface area contributed by atoms with Gasteiger partial charge in [0.2, 0.25) is 0 Å². The summed E-state index contributed by atoms with van der Waals surface area (Å²) in [5.74, 6) is -0.370. The number of amides is 1. The molecule has 1 N–H and O–H groups in total. The van der Waals surface area contributed by atoms with E-state index in [2.05, 4.69) is 22.2 Å². The molecule has 1 aliphatic heterocycles. The first-order chi connectivity index (χ1) is 16.1. The van der Waals surface area contributed by atoms with Crippen LogP contribution in [0.3, 0.4) is 0 Å². The summed E-state index contributed by atoms with van der Waals surface area (Å²) in [5, 5.41) is 9.04. The molecule has 0 saturated carbocycles. The summed E-state index contributed by atoms with van der Waals surface area (Å²) < 4.78 is 6.88. The molecule has 1 aromatic heterocycles. The van der Waals surface area contributed by atoms with Gasteiger partial charge < -0.3 is 15.0 Å². The monoisotopic (exact) mass is 468 g/mol. The minimum absolute atomic E-state index is 0.171. The zero-order chi connectivity index (χ0) is 23.2. The molecular formula is C25H29ClN4O3. The fourth-order valence-corrected chi connectivity index (χ4v) is 4.28. The molecule has 1 aliphatic rings. The summed E-state index contributed by atoms with van der Waals surface area (Å²) in [7, 11) is 0. The third-order valence-corrected chi connectivity index (χ3v) is 6.10. The van der Waals surface area contributed by atoms with Crippen LogP contribution in [0.25, 0.3) is 10.8 Å². The maximum absolute atomic E-state index is 13.4. The predicted octanol–water partition coefficient (Wildman–Crippen LogP) is 4.72. The number of halogens is 1. The first-order valence-electron chi connectivity index (χ1n) is 11.5. The van der Waals surface area contributed by atoms with Gasteiger partial charge in [-0.25, -0.2) is 4.68 Å². The van der Waals surface area contributed by atoms with Crippen molar-refractivity contribution in [3.05, 3.63) is 63.5 Å². The lowest BCUT2D eigenvalue weighted by atomic mass is 10.1. The van der Waals surface area contributed by atoms with Crippen molar-refractivity contribution in [1.29, 1.82) is 0 Å².